The molecule has 0 radical (unpaired) electrons. The zero-order chi connectivity index (χ0) is 22.4. The number of rotatable bonds is 11. The fourth-order valence-electron chi connectivity index (χ4n) is 4.18. The Labute approximate surface area is 178 Å². The molecule has 2 rings (SSSR count). The van der Waals surface area contributed by atoms with E-state index in [4.69, 9.17) is 10.2 Å². The van der Waals surface area contributed by atoms with Gasteiger partial charge in [-0.3, -0.25) is 28.7 Å². The normalized spacial score (nSPS) is 23.5. The summed E-state index contributed by atoms with van der Waals surface area (Å²) in [5.41, 5.74) is 0. The highest BCUT2D eigenvalue weighted by atomic mass is 32.2. The Balaban J connectivity index is 2.24. The Morgan fingerprint density at radius 1 is 0.700 bits per heavy atom. The van der Waals surface area contributed by atoms with Crippen LogP contribution >= 0.6 is 0 Å². The van der Waals surface area contributed by atoms with E-state index in [2.05, 4.69) is 0 Å². The molecule has 2 fully saturated rings. The average molecular weight is 475 g/mol. The summed E-state index contributed by atoms with van der Waals surface area (Å²) in [5.74, 6) is -0.784. The Bertz CT molecular complexity index is 734. The van der Waals surface area contributed by atoms with Gasteiger partial charge < -0.3 is 10.2 Å². The van der Waals surface area contributed by atoms with Crippen molar-refractivity contribution >= 4 is 20.2 Å². The Kier molecular flexibility index (Phi) is 9.42. The van der Waals surface area contributed by atoms with Crippen LogP contribution in [0.15, 0.2) is 0 Å². The molecule has 2 saturated heterocycles. The van der Waals surface area contributed by atoms with Crippen LogP contribution in [-0.4, -0.2) is 152 Å². The highest BCUT2D eigenvalue weighted by molar-refractivity contribution is 7.87. The van der Waals surface area contributed by atoms with Crippen molar-refractivity contribution in [3.8, 4) is 0 Å². The maximum atomic E-state index is 12.6. The lowest BCUT2D eigenvalue weighted by molar-refractivity contribution is 0.0271. The molecule has 30 heavy (non-hydrogen) atoms. The summed E-state index contributed by atoms with van der Waals surface area (Å²) in [7, 11) is -9.15. The first-order chi connectivity index (χ1) is 14.0. The number of aliphatic hydroxyl groups excluding tert-OH is 2. The molecular weight excluding hydrogens is 440 g/mol. The third kappa shape index (κ3) is 7.05. The highest BCUT2D eigenvalue weighted by Gasteiger charge is 2.50. The molecule has 2 aliphatic heterocycles. The number of hydrogen-bond acceptors (Lipinski definition) is 10. The molecule has 0 bridgehead atoms. The molecule has 2 heterocycles. The van der Waals surface area contributed by atoms with Crippen molar-refractivity contribution in [2.24, 2.45) is 0 Å². The summed E-state index contributed by atoms with van der Waals surface area (Å²) in [4.78, 5) is 5.58. The lowest BCUT2D eigenvalue weighted by Crippen LogP contribution is -2.66. The fraction of sp³-hybridized carbons (Fsp3) is 1.00. The molecule has 0 spiro atoms. The van der Waals surface area contributed by atoms with Gasteiger partial charge in [-0.05, 0) is 0 Å². The van der Waals surface area contributed by atoms with E-state index in [-0.39, 0.29) is 32.8 Å². The summed E-state index contributed by atoms with van der Waals surface area (Å²) in [6, 6.07) is 0. The lowest BCUT2D eigenvalue weighted by atomic mass is 10.1. The molecule has 12 nitrogen and oxygen atoms in total. The summed E-state index contributed by atoms with van der Waals surface area (Å²) < 4.78 is 67.6. The van der Waals surface area contributed by atoms with E-state index in [1.165, 1.54) is 0 Å². The third-order valence-corrected chi connectivity index (χ3v) is 8.22. The maximum Gasteiger partial charge on any atom is 0.285 e. The molecule has 0 amide bonds. The monoisotopic (exact) mass is 474 g/mol. The smallest absolute Gasteiger partial charge is 0.285 e. The van der Waals surface area contributed by atoms with Crippen molar-refractivity contribution in [1.82, 2.24) is 19.6 Å². The number of piperazine rings is 2. The van der Waals surface area contributed by atoms with Gasteiger partial charge in [0.2, 0.25) is 0 Å². The minimum Gasteiger partial charge on any atom is -0.395 e. The minimum absolute atomic E-state index is 0.0235. The Morgan fingerprint density at radius 2 is 1.13 bits per heavy atom. The predicted molar refractivity (Wildman–Crippen MR) is 110 cm³/mol. The van der Waals surface area contributed by atoms with Crippen LogP contribution in [0.3, 0.4) is 0 Å². The zero-order valence-electron chi connectivity index (χ0n) is 17.1. The largest absolute Gasteiger partial charge is 0.395 e. The van der Waals surface area contributed by atoms with Crippen LogP contribution in [0.5, 0.6) is 0 Å². The van der Waals surface area contributed by atoms with Crippen molar-refractivity contribution < 1.29 is 36.2 Å². The number of nitrogens with zero attached hydrogens (tertiary/aromatic N) is 4. The molecule has 1 atom stereocenters. The van der Waals surface area contributed by atoms with Crippen molar-refractivity contribution in [3.05, 3.63) is 0 Å². The van der Waals surface area contributed by atoms with E-state index in [0.29, 0.717) is 52.4 Å². The van der Waals surface area contributed by atoms with Crippen molar-refractivity contribution in [1.29, 1.82) is 0 Å². The topological polar surface area (TPSA) is 162 Å². The lowest BCUT2D eigenvalue weighted by Gasteiger charge is -2.48. The van der Waals surface area contributed by atoms with Crippen LogP contribution in [0.25, 0.3) is 0 Å². The van der Waals surface area contributed by atoms with Gasteiger partial charge in [-0.1, -0.05) is 0 Å². The summed E-state index contributed by atoms with van der Waals surface area (Å²) in [6.07, 6.45) is -0.457. The van der Waals surface area contributed by atoms with E-state index < -0.39 is 37.3 Å². The SMILES string of the molecule is O=S(=O)(O)CCC(CN1CCN(CCO)CC1)(N1CCN(CCO)CC1)S(=O)(=O)O. The standard InChI is InChI=1S/C16H34N4O8S2/c21-12-10-17-2-4-19(5-3-17)15-16(30(26,27)28,1-14-29(23,24)25)20-8-6-18(7-9-20)11-13-22/h21-22H,1-15H2,(H,23,24,25)(H,26,27,28). The van der Waals surface area contributed by atoms with E-state index in [1.54, 1.807) is 4.90 Å². The molecule has 0 aromatic heterocycles. The molecule has 178 valence electrons. The molecule has 0 aliphatic carbocycles. The first kappa shape index (κ1) is 25.8. The van der Waals surface area contributed by atoms with Crippen molar-refractivity contribution in [2.75, 3.05) is 91.0 Å². The number of aliphatic hydroxyl groups is 2. The summed E-state index contributed by atoms with van der Waals surface area (Å²) >= 11 is 0. The average Bonchev–Trinajstić information content (AvgIpc) is 2.66. The summed E-state index contributed by atoms with van der Waals surface area (Å²) in [5, 5.41) is 18.2. The molecule has 0 saturated carbocycles. The van der Waals surface area contributed by atoms with Gasteiger partial charge in [0.15, 0.2) is 4.87 Å². The predicted octanol–water partition coefficient (Wildman–Crippen LogP) is -2.93. The van der Waals surface area contributed by atoms with Gasteiger partial charge in [0, 0.05) is 78.4 Å². The number of β-amino-alcohol motifs (C(OH)–C–C–N with tert-alkyl or cyclic N) is 2. The number of hydrogen-bond donors (Lipinski definition) is 4. The van der Waals surface area contributed by atoms with Gasteiger partial charge in [0.05, 0.1) is 19.0 Å². The quantitative estimate of drug-likeness (QED) is 0.226. The summed E-state index contributed by atoms with van der Waals surface area (Å²) in [6.45, 7) is 4.61. The molecule has 2 aliphatic rings. The van der Waals surface area contributed by atoms with E-state index in [9.17, 15) is 25.9 Å². The van der Waals surface area contributed by atoms with Gasteiger partial charge in [0.25, 0.3) is 20.2 Å². The van der Waals surface area contributed by atoms with Crippen molar-refractivity contribution in [2.45, 2.75) is 11.3 Å². The Hall–Kier alpha value is -0.420. The molecule has 0 aromatic rings. The molecule has 1 unspecified atom stereocenters. The first-order valence-corrected chi connectivity index (χ1v) is 13.1. The van der Waals surface area contributed by atoms with Crippen LogP contribution in [0.4, 0.5) is 0 Å². The molecule has 4 N–H and O–H groups in total. The second kappa shape index (κ2) is 10.9. The Morgan fingerprint density at radius 3 is 1.53 bits per heavy atom. The van der Waals surface area contributed by atoms with Gasteiger partial charge in [-0.2, -0.15) is 16.8 Å². The fourth-order valence-corrected chi connectivity index (χ4v) is 6.12. The molecular formula is C16H34N4O8S2. The second-order valence-corrected chi connectivity index (χ2v) is 11.1. The highest BCUT2D eigenvalue weighted by Crippen LogP contribution is 2.30. The van der Waals surface area contributed by atoms with E-state index >= 15 is 0 Å². The van der Waals surface area contributed by atoms with Crippen LogP contribution in [0.2, 0.25) is 0 Å². The van der Waals surface area contributed by atoms with Gasteiger partial charge in [-0.25, -0.2) is 0 Å². The second-order valence-electron chi connectivity index (χ2n) is 7.85. The van der Waals surface area contributed by atoms with Gasteiger partial charge >= 0.3 is 0 Å². The van der Waals surface area contributed by atoms with Crippen molar-refractivity contribution in [3.63, 3.8) is 0 Å². The minimum atomic E-state index is -4.71. The van der Waals surface area contributed by atoms with E-state index in [1.807, 2.05) is 14.7 Å². The van der Waals surface area contributed by atoms with Crippen LogP contribution in [0, 0.1) is 0 Å². The van der Waals surface area contributed by atoms with Crippen LogP contribution < -0.4 is 0 Å². The first-order valence-electron chi connectivity index (χ1n) is 10.1. The molecule has 0 aromatic carbocycles. The van der Waals surface area contributed by atoms with Crippen LogP contribution in [-0.2, 0) is 20.2 Å². The third-order valence-electron chi connectivity index (χ3n) is 5.95. The van der Waals surface area contributed by atoms with Gasteiger partial charge in [-0.15, -0.1) is 0 Å². The zero-order valence-corrected chi connectivity index (χ0v) is 18.8. The van der Waals surface area contributed by atoms with E-state index in [0.717, 1.165) is 0 Å². The maximum absolute atomic E-state index is 12.6. The molecule has 14 heteroatoms. The van der Waals surface area contributed by atoms with Crippen LogP contribution in [0.1, 0.15) is 6.42 Å². The van der Waals surface area contributed by atoms with Gasteiger partial charge in [0.1, 0.15) is 0 Å².